The van der Waals surface area contributed by atoms with Gasteiger partial charge in [0.2, 0.25) is 11.8 Å². The van der Waals surface area contributed by atoms with Crippen molar-refractivity contribution in [1.29, 1.82) is 0 Å². The number of nitrogens with zero attached hydrogens (tertiary/aromatic N) is 2. The Morgan fingerprint density at radius 3 is 2.60 bits per heavy atom. The van der Waals surface area contributed by atoms with Crippen molar-refractivity contribution in [3.8, 4) is 0 Å². The van der Waals surface area contributed by atoms with Crippen molar-refractivity contribution in [3.05, 3.63) is 36.0 Å². The first kappa shape index (κ1) is 19.0. The molecule has 2 rings (SSSR count). The zero-order valence-electron chi connectivity index (χ0n) is 15.3. The summed E-state index contributed by atoms with van der Waals surface area (Å²) in [4.78, 5) is 30.9. The molecule has 0 saturated heterocycles. The van der Waals surface area contributed by atoms with E-state index in [1.807, 2.05) is 44.6 Å². The van der Waals surface area contributed by atoms with Gasteiger partial charge in [0.25, 0.3) is 0 Å². The standard InChI is InChI=1S/C19H28N4O2/c1-15(24)23(11-6-10-22(2)3)12-9-20-19(25)13-16-14-21-18-8-5-4-7-17(16)18/h4-5,7-8,14,21H,6,9-13H2,1-3H3,(H,20,25). The first-order valence-electron chi connectivity index (χ1n) is 8.69. The minimum absolute atomic E-state index is 0.0263. The molecular formula is C19H28N4O2. The number of H-pyrrole nitrogens is 1. The van der Waals surface area contributed by atoms with E-state index in [-0.39, 0.29) is 11.8 Å². The maximum atomic E-state index is 12.2. The Hall–Kier alpha value is -2.34. The van der Waals surface area contributed by atoms with Crippen molar-refractivity contribution in [3.63, 3.8) is 0 Å². The Bertz CT molecular complexity index is 708. The van der Waals surface area contributed by atoms with Crippen LogP contribution in [0.15, 0.2) is 30.5 Å². The van der Waals surface area contributed by atoms with Crippen LogP contribution in [0, 0.1) is 0 Å². The number of nitrogens with one attached hydrogen (secondary N) is 2. The normalized spacial score (nSPS) is 11.0. The van der Waals surface area contributed by atoms with Crippen molar-refractivity contribution < 1.29 is 9.59 Å². The molecule has 6 heteroatoms. The Kier molecular flexibility index (Phi) is 7.01. The predicted octanol–water partition coefficient (Wildman–Crippen LogP) is 1.63. The third kappa shape index (κ3) is 5.90. The number of rotatable bonds is 9. The lowest BCUT2D eigenvalue weighted by atomic mass is 10.1. The molecule has 0 bridgehead atoms. The van der Waals surface area contributed by atoms with Crippen LogP contribution in [0.5, 0.6) is 0 Å². The van der Waals surface area contributed by atoms with E-state index in [0.29, 0.717) is 26.1 Å². The Morgan fingerprint density at radius 1 is 1.12 bits per heavy atom. The van der Waals surface area contributed by atoms with Crippen LogP contribution in [0.25, 0.3) is 10.9 Å². The largest absolute Gasteiger partial charge is 0.361 e. The summed E-state index contributed by atoms with van der Waals surface area (Å²) in [7, 11) is 4.03. The second-order valence-corrected chi connectivity index (χ2v) is 6.55. The predicted molar refractivity (Wildman–Crippen MR) is 100 cm³/mol. The van der Waals surface area contributed by atoms with Gasteiger partial charge in [0, 0.05) is 43.7 Å². The van der Waals surface area contributed by atoms with Crippen molar-refractivity contribution in [2.75, 3.05) is 40.3 Å². The fourth-order valence-corrected chi connectivity index (χ4v) is 2.85. The van der Waals surface area contributed by atoms with Crippen LogP contribution in [-0.4, -0.2) is 66.9 Å². The molecule has 0 saturated carbocycles. The molecule has 1 aromatic heterocycles. The minimum atomic E-state index is -0.0263. The molecule has 6 nitrogen and oxygen atoms in total. The highest BCUT2D eigenvalue weighted by Crippen LogP contribution is 2.17. The maximum Gasteiger partial charge on any atom is 0.224 e. The van der Waals surface area contributed by atoms with E-state index in [9.17, 15) is 9.59 Å². The van der Waals surface area contributed by atoms with Gasteiger partial charge in [-0.3, -0.25) is 9.59 Å². The lowest BCUT2D eigenvalue weighted by Gasteiger charge is -2.22. The fraction of sp³-hybridized carbons (Fsp3) is 0.474. The van der Waals surface area contributed by atoms with Crippen molar-refractivity contribution in [2.45, 2.75) is 19.8 Å². The van der Waals surface area contributed by atoms with Gasteiger partial charge in [-0.05, 0) is 38.7 Å². The van der Waals surface area contributed by atoms with Gasteiger partial charge in [-0.15, -0.1) is 0 Å². The number of aromatic amines is 1. The Balaban J connectivity index is 1.77. The van der Waals surface area contributed by atoms with E-state index >= 15 is 0 Å². The number of hydrogen-bond acceptors (Lipinski definition) is 3. The summed E-state index contributed by atoms with van der Waals surface area (Å²) in [6.45, 7) is 4.25. The summed E-state index contributed by atoms with van der Waals surface area (Å²) in [6.07, 6.45) is 3.15. The summed E-state index contributed by atoms with van der Waals surface area (Å²) >= 11 is 0. The van der Waals surface area contributed by atoms with E-state index in [4.69, 9.17) is 0 Å². The number of carbonyl (C=O) groups is 2. The number of fused-ring (bicyclic) bond motifs is 1. The fourth-order valence-electron chi connectivity index (χ4n) is 2.85. The average molecular weight is 344 g/mol. The van der Waals surface area contributed by atoms with Crippen LogP contribution >= 0.6 is 0 Å². The van der Waals surface area contributed by atoms with E-state index in [1.54, 1.807) is 11.8 Å². The molecule has 0 aliphatic carbocycles. The van der Waals surface area contributed by atoms with Crippen LogP contribution in [0.4, 0.5) is 0 Å². The molecular weight excluding hydrogens is 316 g/mol. The zero-order chi connectivity index (χ0) is 18.2. The topological polar surface area (TPSA) is 68.4 Å². The van der Waals surface area contributed by atoms with Crippen molar-refractivity contribution in [2.24, 2.45) is 0 Å². The van der Waals surface area contributed by atoms with Gasteiger partial charge < -0.3 is 20.1 Å². The molecule has 0 aliphatic heterocycles. The molecule has 0 radical (unpaired) electrons. The molecule has 0 unspecified atom stereocenters. The Morgan fingerprint density at radius 2 is 1.88 bits per heavy atom. The molecule has 0 atom stereocenters. The second kappa shape index (κ2) is 9.22. The summed E-state index contributed by atoms with van der Waals surface area (Å²) in [5.74, 6) is 0.0196. The first-order chi connectivity index (χ1) is 12.0. The van der Waals surface area contributed by atoms with E-state index in [0.717, 1.165) is 29.4 Å². The Labute approximate surface area is 149 Å². The lowest BCUT2D eigenvalue weighted by molar-refractivity contribution is -0.129. The lowest BCUT2D eigenvalue weighted by Crippen LogP contribution is -2.39. The average Bonchev–Trinajstić information content (AvgIpc) is 2.96. The molecule has 2 aromatic rings. The second-order valence-electron chi connectivity index (χ2n) is 6.55. The summed E-state index contributed by atoms with van der Waals surface area (Å²) in [5.41, 5.74) is 2.02. The molecule has 25 heavy (non-hydrogen) atoms. The number of carbonyl (C=O) groups excluding carboxylic acids is 2. The van der Waals surface area contributed by atoms with Crippen molar-refractivity contribution in [1.82, 2.24) is 20.1 Å². The molecule has 2 amide bonds. The van der Waals surface area contributed by atoms with E-state index in [2.05, 4.69) is 15.2 Å². The molecule has 2 N–H and O–H groups in total. The number of hydrogen-bond donors (Lipinski definition) is 2. The van der Waals surface area contributed by atoms with Gasteiger partial charge in [-0.2, -0.15) is 0 Å². The zero-order valence-corrected chi connectivity index (χ0v) is 15.3. The third-order valence-corrected chi connectivity index (χ3v) is 4.21. The quantitative estimate of drug-likeness (QED) is 0.726. The van der Waals surface area contributed by atoms with Crippen LogP contribution in [0.3, 0.4) is 0 Å². The maximum absolute atomic E-state index is 12.2. The monoisotopic (exact) mass is 344 g/mol. The number of para-hydroxylation sites is 1. The number of benzene rings is 1. The van der Waals surface area contributed by atoms with Crippen LogP contribution in [-0.2, 0) is 16.0 Å². The molecule has 136 valence electrons. The molecule has 0 fully saturated rings. The molecule has 1 aromatic carbocycles. The van der Waals surface area contributed by atoms with Gasteiger partial charge in [0.1, 0.15) is 0 Å². The van der Waals surface area contributed by atoms with Gasteiger partial charge in [0.15, 0.2) is 0 Å². The molecule has 1 heterocycles. The van der Waals surface area contributed by atoms with Gasteiger partial charge in [0.05, 0.1) is 6.42 Å². The summed E-state index contributed by atoms with van der Waals surface area (Å²) < 4.78 is 0. The smallest absolute Gasteiger partial charge is 0.224 e. The summed E-state index contributed by atoms with van der Waals surface area (Å²) in [6, 6.07) is 7.94. The van der Waals surface area contributed by atoms with E-state index in [1.165, 1.54) is 0 Å². The van der Waals surface area contributed by atoms with Crippen molar-refractivity contribution >= 4 is 22.7 Å². The van der Waals surface area contributed by atoms with Gasteiger partial charge in [-0.1, -0.05) is 18.2 Å². The SMILES string of the molecule is CC(=O)N(CCCN(C)C)CCNC(=O)Cc1c[nH]c2ccccc12. The molecule has 0 aliphatic rings. The van der Waals surface area contributed by atoms with Crippen LogP contribution in [0.2, 0.25) is 0 Å². The first-order valence-corrected chi connectivity index (χ1v) is 8.69. The third-order valence-electron chi connectivity index (χ3n) is 4.21. The van der Waals surface area contributed by atoms with Crippen LogP contribution < -0.4 is 5.32 Å². The number of aromatic nitrogens is 1. The van der Waals surface area contributed by atoms with Gasteiger partial charge >= 0.3 is 0 Å². The highest BCUT2D eigenvalue weighted by Gasteiger charge is 2.11. The molecule has 0 spiro atoms. The van der Waals surface area contributed by atoms with Gasteiger partial charge in [-0.25, -0.2) is 0 Å². The summed E-state index contributed by atoms with van der Waals surface area (Å²) in [5, 5.41) is 3.99. The highest BCUT2D eigenvalue weighted by molar-refractivity contribution is 5.88. The van der Waals surface area contributed by atoms with Crippen LogP contribution in [0.1, 0.15) is 18.9 Å². The highest BCUT2D eigenvalue weighted by atomic mass is 16.2. The van der Waals surface area contributed by atoms with E-state index < -0.39 is 0 Å². The number of amides is 2. The minimum Gasteiger partial charge on any atom is -0.361 e.